The van der Waals surface area contributed by atoms with Crippen molar-refractivity contribution in [2.75, 3.05) is 47.1 Å². The number of ether oxygens (including phenoxy) is 4. The average molecular weight is 539 g/mol. The number of nitrogens with zero attached hydrogens (tertiary/aromatic N) is 1. The van der Waals surface area contributed by atoms with Crippen molar-refractivity contribution >= 4 is 11.7 Å². The molecule has 4 rings (SSSR count). The molecule has 1 N–H and O–H groups in total. The van der Waals surface area contributed by atoms with Crippen LogP contribution in [-0.2, 0) is 16.0 Å². The van der Waals surface area contributed by atoms with E-state index in [4.69, 9.17) is 18.9 Å². The minimum Gasteiger partial charge on any atom is -0.497 e. The summed E-state index contributed by atoms with van der Waals surface area (Å²) in [6.07, 6.45) is 6.28. The molecule has 2 heterocycles. The van der Waals surface area contributed by atoms with E-state index in [-0.39, 0.29) is 17.7 Å². The van der Waals surface area contributed by atoms with Gasteiger partial charge in [0.25, 0.3) is 0 Å². The van der Waals surface area contributed by atoms with Gasteiger partial charge in [0, 0.05) is 44.1 Å². The SMILES string of the molecule is COC[C@H]1CCCN1C[C@H](Cc1ccc2c(c1)OCCO2)NC(=O)CCCCCC(=O)c1ccc(OC)cc1. The van der Waals surface area contributed by atoms with Gasteiger partial charge in [0.05, 0.1) is 13.7 Å². The highest BCUT2D eigenvalue weighted by molar-refractivity contribution is 5.96. The van der Waals surface area contributed by atoms with Gasteiger partial charge in [-0.15, -0.1) is 0 Å². The number of benzene rings is 2. The molecule has 0 spiro atoms. The predicted molar refractivity (Wildman–Crippen MR) is 150 cm³/mol. The van der Waals surface area contributed by atoms with Gasteiger partial charge in [-0.1, -0.05) is 12.5 Å². The summed E-state index contributed by atoms with van der Waals surface area (Å²) in [6.45, 7) is 3.62. The van der Waals surface area contributed by atoms with E-state index in [1.54, 1.807) is 38.5 Å². The third kappa shape index (κ3) is 8.70. The Kier molecular flexibility index (Phi) is 11.0. The van der Waals surface area contributed by atoms with E-state index in [1.807, 2.05) is 12.1 Å². The summed E-state index contributed by atoms with van der Waals surface area (Å²) in [5.74, 6) is 2.46. The van der Waals surface area contributed by atoms with Gasteiger partial charge >= 0.3 is 0 Å². The molecule has 0 saturated carbocycles. The third-order valence-electron chi connectivity index (χ3n) is 7.49. The number of hydrogen-bond donors (Lipinski definition) is 1. The maximum absolute atomic E-state index is 13.0. The lowest BCUT2D eigenvalue weighted by Gasteiger charge is -2.29. The molecule has 2 atom stereocenters. The van der Waals surface area contributed by atoms with Crippen molar-refractivity contribution in [1.82, 2.24) is 10.2 Å². The number of amides is 1. The summed E-state index contributed by atoms with van der Waals surface area (Å²) in [5, 5.41) is 3.30. The molecule has 212 valence electrons. The van der Waals surface area contributed by atoms with Crippen molar-refractivity contribution in [2.24, 2.45) is 0 Å². The molecular weight excluding hydrogens is 496 g/mol. The van der Waals surface area contributed by atoms with Crippen molar-refractivity contribution in [3.63, 3.8) is 0 Å². The quantitative estimate of drug-likeness (QED) is 0.265. The van der Waals surface area contributed by atoms with Crippen LogP contribution >= 0.6 is 0 Å². The number of unbranched alkanes of at least 4 members (excludes halogenated alkanes) is 2. The molecule has 2 aliphatic rings. The van der Waals surface area contributed by atoms with Crippen LogP contribution < -0.4 is 19.5 Å². The van der Waals surface area contributed by atoms with Crippen LogP contribution in [0.2, 0.25) is 0 Å². The largest absolute Gasteiger partial charge is 0.497 e. The highest BCUT2D eigenvalue weighted by Gasteiger charge is 2.27. The van der Waals surface area contributed by atoms with Gasteiger partial charge in [-0.25, -0.2) is 0 Å². The molecule has 0 bridgehead atoms. The Labute approximate surface area is 231 Å². The lowest BCUT2D eigenvalue weighted by Crippen LogP contribution is -2.47. The van der Waals surface area contributed by atoms with Gasteiger partial charge in [0.2, 0.25) is 5.91 Å². The maximum atomic E-state index is 13.0. The number of carbonyl (C=O) groups excluding carboxylic acids is 2. The first-order chi connectivity index (χ1) is 19.1. The summed E-state index contributed by atoms with van der Waals surface area (Å²) in [6, 6.07) is 13.6. The second-order valence-electron chi connectivity index (χ2n) is 10.4. The number of nitrogens with one attached hydrogen (secondary N) is 1. The van der Waals surface area contributed by atoms with Crippen LogP contribution in [0.1, 0.15) is 60.9 Å². The fraction of sp³-hybridized carbons (Fsp3) is 0.548. The standard InChI is InChI=1S/C31H42N2O6/c1-36-22-26-7-6-16-33(26)21-25(19-23-10-15-29-30(20-23)39-18-17-38-29)32-31(35)9-5-3-4-8-28(34)24-11-13-27(37-2)14-12-24/h10-15,20,25-26H,3-9,16-19,21-22H2,1-2H3,(H,32,35)/t25-,26+/m0/s1. The Morgan fingerprint density at radius 3 is 2.54 bits per heavy atom. The van der Waals surface area contributed by atoms with E-state index >= 15 is 0 Å². The van der Waals surface area contributed by atoms with Crippen molar-refractivity contribution in [3.8, 4) is 17.2 Å². The summed E-state index contributed by atoms with van der Waals surface area (Å²) < 4.78 is 22.0. The molecule has 1 fully saturated rings. The summed E-state index contributed by atoms with van der Waals surface area (Å²) in [5.41, 5.74) is 1.81. The highest BCUT2D eigenvalue weighted by atomic mass is 16.6. The Bertz CT molecular complexity index is 1070. The highest BCUT2D eigenvalue weighted by Crippen LogP contribution is 2.31. The molecule has 2 aromatic rings. The first-order valence-electron chi connectivity index (χ1n) is 14.1. The number of hydrogen-bond acceptors (Lipinski definition) is 7. The van der Waals surface area contributed by atoms with E-state index < -0.39 is 0 Å². The monoisotopic (exact) mass is 538 g/mol. The van der Waals surface area contributed by atoms with Gasteiger partial charge in [-0.2, -0.15) is 0 Å². The first-order valence-corrected chi connectivity index (χ1v) is 14.1. The molecule has 39 heavy (non-hydrogen) atoms. The van der Waals surface area contributed by atoms with Crippen LogP contribution in [-0.4, -0.2) is 75.8 Å². The number of ketones is 1. The summed E-state index contributed by atoms with van der Waals surface area (Å²) in [7, 11) is 3.35. The minimum atomic E-state index is -0.0193. The molecule has 0 radical (unpaired) electrons. The summed E-state index contributed by atoms with van der Waals surface area (Å²) in [4.78, 5) is 27.8. The fourth-order valence-electron chi connectivity index (χ4n) is 5.43. The van der Waals surface area contributed by atoms with Crippen LogP contribution in [0.4, 0.5) is 0 Å². The predicted octanol–water partition coefficient (Wildman–Crippen LogP) is 4.44. The molecule has 0 aliphatic carbocycles. The van der Waals surface area contributed by atoms with Crippen molar-refractivity contribution in [3.05, 3.63) is 53.6 Å². The number of rotatable bonds is 15. The van der Waals surface area contributed by atoms with E-state index in [0.717, 1.165) is 74.4 Å². The molecule has 2 aromatic carbocycles. The van der Waals surface area contributed by atoms with Crippen LogP contribution in [0.3, 0.4) is 0 Å². The summed E-state index contributed by atoms with van der Waals surface area (Å²) >= 11 is 0. The first kappa shape index (κ1) is 28.9. The maximum Gasteiger partial charge on any atom is 0.220 e. The molecule has 1 amide bonds. The van der Waals surface area contributed by atoms with Gasteiger partial charge < -0.3 is 24.3 Å². The zero-order chi connectivity index (χ0) is 27.5. The van der Waals surface area contributed by atoms with Crippen molar-refractivity contribution < 1.29 is 28.5 Å². The zero-order valence-electron chi connectivity index (χ0n) is 23.3. The van der Waals surface area contributed by atoms with E-state index in [0.29, 0.717) is 44.3 Å². The third-order valence-corrected chi connectivity index (χ3v) is 7.49. The second-order valence-corrected chi connectivity index (χ2v) is 10.4. The molecule has 8 heteroatoms. The van der Waals surface area contributed by atoms with Crippen LogP contribution in [0, 0.1) is 0 Å². The van der Waals surface area contributed by atoms with Crippen molar-refractivity contribution in [2.45, 2.75) is 63.5 Å². The van der Waals surface area contributed by atoms with Gasteiger partial charge in [0.15, 0.2) is 17.3 Å². The van der Waals surface area contributed by atoms with Gasteiger partial charge in [0.1, 0.15) is 19.0 Å². The Hall–Kier alpha value is -3.10. The lowest BCUT2D eigenvalue weighted by atomic mass is 10.0. The molecule has 2 aliphatic heterocycles. The molecule has 1 saturated heterocycles. The Morgan fingerprint density at radius 2 is 1.77 bits per heavy atom. The number of fused-ring (bicyclic) bond motifs is 1. The topological polar surface area (TPSA) is 86.3 Å². The van der Waals surface area contributed by atoms with E-state index in [1.165, 1.54) is 0 Å². The number of Topliss-reactive ketones (excluding diaryl/α,β-unsaturated/α-hetero) is 1. The number of likely N-dealkylation sites (tertiary alicyclic amines) is 1. The van der Waals surface area contributed by atoms with Crippen LogP contribution in [0.5, 0.6) is 17.2 Å². The smallest absolute Gasteiger partial charge is 0.220 e. The number of methoxy groups -OCH3 is 2. The zero-order valence-corrected chi connectivity index (χ0v) is 23.3. The second kappa shape index (κ2) is 14.9. The average Bonchev–Trinajstić information content (AvgIpc) is 3.39. The van der Waals surface area contributed by atoms with Gasteiger partial charge in [-0.05, 0) is 80.6 Å². The normalized spacial score (nSPS) is 17.5. The van der Waals surface area contributed by atoms with Gasteiger partial charge in [-0.3, -0.25) is 14.5 Å². The van der Waals surface area contributed by atoms with E-state index in [9.17, 15) is 9.59 Å². The fourth-order valence-corrected chi connectivity index (χ4v) is 5.43. The Morgan fingerprint density at radius 1 is 1.00 bits per heavy atom. The lowest BCUT2D eigenvalue weighted by molar-refractivity contribution is -0.122. The molecular formula is C31H42N2O6. The molecule has 8 nitrogen and oxygen atoms in total. The van der Waals surface area contributed by atoms with Crippen LogP contribution in [0.25, 0.3) is 0 Å². The molecule has 0 unspecified atom stereocenters. The molecule has 0 aromatic heterocycles. The van der Waals surface area contributed by atoms with E-state index in [2.05, 4.69) is 16.3 Å². The number of carbonyl (C=O) groups is 2. The van der Waals surface area contributed by atoms with Crippen molar-refractivity contribution in [1.29, 1.82) is 0 Å². The Balaban J connectivity index is 1.26. The van der Waals surface area contributed by atoms with Crippen LogP contribution in [0.15, 0.2) is 42.5 Å². The minimum absolute atomic E-state index is 0.0193.